The smallest absolute Gasteiger partial charge is 0.341 e. The first-order chi connectivity index (χ1) is 14.5. The minimum atomic E-state index is -0.953. The number of aliphatic carboxylic acids is 1. The van der Waals surface area contributed by atoms with Crippen molar-refractivity contribution in [2.75, 3.05) is 11.9 Å². The Hall–Kier alpha value is -2.93. The third-order valence-electron chi connectivity index (χ3n) is 5.80. The first kappa shape index (κ1) is 20.3. The Kier molecular flexibility index (Phi) is 5.72. The molecular formula is C23H23NO5S. The lowest BCUT2D eigenvalue weighted by atomic mass is 9.82. The number of allylic oxidation sites excluding steroid dienone is 2. The molecule has 4 atom stereocenters. The fourth-order valence-corrected chi connectivity index (χ4v) is 5.42. The standard InChI is InChI=1S/C23H23NO5S/c1-2-10-29-23(28)19-16(13-6-4-3-5-7-13)12-30-21(19)24-20(25)17-14-8-9-15(11-14)18(17)22(26)27/h3-9,12,14-15,17-18H,2,10-11H2,1H3,(H,24,25)(H,26,27)/t14-,15+,17+,18+/m1/s1. The van der Waals surface area contributed by atoms with Crippen molar-refractivity contribution >= 4 is 34.2 Å². The summed E-state index contributed by atoms with van der Waals surface area (Å²) in [6, 6.07) is 9.44. The molecule has 0 radical (unpaired) electrons. The van der Waals surface area contributed by atoms with Gasteiger partial charge < -0.3 is 15.2 Å². The van der Waals surface area contributed by atoms with E-state index in [1.165, 1.54) is 11.3 Å². The summed E-state index contributed by atoms with van der Waals surface area (Å²) in [7, 11) is 0. The van der Waals surface area contributed by atoms with Gasteiger partial charge in [-0.3, -0.25) is 9.59 Å². The van der Waals surface area contributed by atoms with Crippen LogP contribution in [0.4, 0.5) is 5.00 Å². The number of rotatable bonds is 7. The molecule has 2 aromatic rings. The number of anilines is 1. The number of fused-ring (bicyclic) bond motifs is 2. The molecule has 1 aromatic heterocycles. The zero-order valence-electron chi connectivity index (χ0n) is 16.5. The molecule has 1 heterocycles. The number of thiophene rings is 1. The molecular weight excluding hydrogens is 402 g/mol. The largest absolute Gasteiger partial charge is 0.481 e. The summed E-state index contributed by atoms with van der Waals surface area (Å²) < 4.78 is 5.37. The highest BCUT2D eigenvalue weighted by molar-refractivity contribution is 7.15. The highest BCUT2D eigenvalue weighted by Crippen LogP contribution is 2.49. The molecule has 6 nitrogen and oxygen atoms in total. The van der Waals surface area contributed by atoms with Crippen molar-refractivity contribution in [2.45, 2.75) is 19.8 Å². The van der Waals surface area contributed by atoms with Gasteiger partial charge in [-0.15, -0.1) is 11.3 Å². The normalized spacial score (nSPS) is 24.0. The molecule has 0 aliphatic heterocycles. The second-order valence-electron chi connectivity index (χ2n) is 7.68. The summed E-state index contributed by atoms with van der Waals surface area (Å²) in [6.07, 6.45) is 5.21. The number of carbonyl (C=O) groups excluding carboxylic acids is 2. The van der Waals surface area contributed by atoms with Crippen LogP contribution >= 0.6 is 11.3 Å². The average Bonchev–Trinajstić information content (AvgIpc) is 3.46. The molecule has 2 aliphatic rings. The molecule has 1 fully saturated rings. The van der Waals surface area contributed by atoms with Crippen LogP contribution in [-0.4, -0.2) is 29.6 Å². The molecule has 4 rings (SSSR count). The van der Waals surface area contributed by atoms with Crippen LogP contribution in [0.15, 0.2) is 47.9 Å². The lowest BCUT2D eigenvalue weighted by Gasteiger charge is -2.23. The molecule has 0 saturated heterocycles. The Labute approximate surface area is 178 Å². The Balaban J connectivity index is 1.65. The monoisotopic (exact) mass is 425 g/mol. The average molecular weight is 426 g/mol. The number of benzene rings is 1. The van der Waals surface area contributed by atoms with Crippen molar-refractivity contribution in [1.29, 1.82) is 0 Å². The Morgan fingerprint density at radius 2 is 1.83 bits per heavy atom. The van der Waals surface area contributed by atoms with E-state index in [0.717, 1.165) is 5.56 Å². The van der Waals surface area contributed by atoms with Crippen molar-refractivity contribution in [3.05, 3.63) is 53.4 Å². The number of hydrogen-bond donors (Lipinski definition) is 2. The molecule has 30 heavy (non-hydrogen) atoms. The van der Waals surface area contributed by atoms with Crippen LogP contribution in [0.5, 0.6) is 0 Å². The van der Waals surface area contributed by atoms with Crippen LogP contribution in [-0.2, 0) is 14.3 Å². The number of carboxylic acids is 1. The number of carboxylic acid groups (broad SMARTS) is 1. The van der Waals surface area contributed by atoms with Gasteiger partial charge in [0, 0.05) is 10.9 Å². The SMILES string of the molecule is CCCOC(=O)c1c(-c2ccccc2)csc1NC(=O)[C@@H]1[C@@H](C(=O)O)[C@H]2C=C[C@@H]1C2. The number of ether oxygens (including phenoxy) is 1. The van der Waals surface area contributed by atoms with Crippen LogP contribution in [0, 0.1) is 23.7 Å². The summed E-state index contributed by atoms with van der Waals surface area (Å²) in [5, 5.41) is 14.7. The summed E-state index contributed by atoms with van der Waals surface area (Å²) in [5.41, 5.74) is 1.86. The van der Waals surface area contributed by atoms with Crippen LogP contribution in [0.1, 0.15) is 30.1 Å². The predicted octanol–water partition coefficient (Wildman–Crippen LogP) is 4.44. The van der Waals surface area contributed by atoms with E-state index < -0.39 is 23.8 Å². The predicted molar refractivity (Wildman–Crippen MR) is 114 cm³/mol. The first-order valence-corrected chi connectivity index (χ1v) is 10.9. The summed E-state index contributed by atoms with van der Waals surface area (Å²) >= 11 is 1.25. The third-order valence-corrected chi connectivity index (χ3v) is 6.70. The van der Waals surface area contributed by atoms with E-state index in [-0.39, 0.29) is 24.3 Å². The zero-order chi connectivity index (χ0) is 21.3. The number of hydrogen-bond acceptors (Lipinski definition) is 5. The van der Waals surface area contributed by atoms with Gasteiger partial charge >= 0.3 is 11.9 Å². The van der Waals surface area contributed by atoms with E-state index >= 15 is 0 Å². The molecule has 2 bridgehead atoms. The number of nitrogens with one attached hydrogen (secondary N) is 1. The van der Waals surface area contributed by atoms with Crippen molar-refractivity contribution in [3.8, 4) is 11.1 Å². The quantitative estimate of drug-likeness (QED) is 0.505. The maximum absolute atomic E-state index is 13.1. The summed E-state index contributed by atoms with van der Waals surface area (Å²) in [5.74, 6) is -3.37. The highest BCUT2D eigenvalue weighted by Gasteiger charge is 2.51. The lowest BCUT2D eigenvalue weighted by Crippen LogP contribution is -2.36. The molecule has 1 amide bonds. The molecule has 0 unspecified atom stereocenters. The molecule has 1 aromatic carbocycles. The van der Waals surface area contributed by atoms with Gasteiger partial charge in [-0.2, -0.15) is 0 Å². The maximum atomic E-state index is 13.1. The van der Waals surface area contributed by atoms with Crippen molar-refractivity contribution in [2.24, 2.45) is 23.7 Å². The summed E-state index contributed by atoms with van der Waals surface area (Å²) in [4.78, 5) is 37.7. The minimum absolute atomic E-state index is 0.0832. The Morgan fingerprint density at radius 1 is 1.13 bits per heavy atom. The van der Waals surface area contributed by atoms with Gasteiger partial charge in [0.25, 0.3) is 0 Å². The number of amides is 1. The highest BCUT2D eigenvalue weighted by atomic mass is 32.1. The Morgan fingerprint density at radius 3 is 2.50 bits per heavy atom. The van der Waals surface area contributed by atoms with Gasteiger partial charge in [0.05, 0.1) is 18.4 Å². The van der Waals surface area contributed by atoms with Crippen LogP contribution in [0.3, 0.4) is 0 Å². The Bertz CT molecular complexity index is 996. The van der Waals surface area contributed by atoms with Crippen LogP contribution in [0.25, 0.3) is 11.1 Å². The van der Waals surface area contributed by atoms with Gasteiger partial charge in [-0.1, -0.05) is 49.4 Å². The van der Waals surface area contributed by atoms with Crippen LogP contribution < -0.4 is 5.32 Å². The number of esters is 1. The van der Waals surface area contributed by atoms with Gasteiger partial charge in [-0.05, 0) is 30.2 Å². The second kappa shape index (κ2) is 8.44. The molecule has 156 valence electrons. The van der Waals surface area contributed by atoms with E-state index in [2.05, 4.69) is 5.32 Å². The van der Waals surface area contributed by atoms with E-state index in [1.54, 1.807) is 0 Å². The van der Waals surface area contributed by atoms with Gasteiger partial charge in [0.2, 0.25) is 5.91 Å². The topological polar surface area (TPSA) is 92.7 Å². The molecule has 2 N–H and O–H groups in total. The van der Waals surface area contributed by atoms with Gasteiger partial charge in [0.1, 0.15) is 10.6 Å². The molecule has 0 spiro atoms. The van der Waals surface area contributed by atoms with Crippen LogP contribution in [0.2, 0.25) is 0 Å². The summed E-state index contributed by atoms with van der Waals surface area (Å²) in [6.45, 7) is 2.20. The van der Waals surface area contributed by atoms with Crippen molar-refractivity contribution in [3.63, 3.8) is 0 Å². The van der Waals surface area contributed by atoms with E-state index in [0.29, 0.717) is 29.0 Å². The third kappa shape index (κ3) is 3.65. The molecule has 1 saturated carbocycles. The minimum Gasteiger partial charge on any atom is -0.481 e. The van der Waals surface area contributed by atoms with E-state index in [9.17, 15) is 19.5 Å². The molecule has 7 heteroatoms. The lowest BCUT2D eigenvalue weighted by molar-refractivity contribution is -0.146. The number of carbonyl (C=O) groups is 3. The van der Waals surface area contributed by atoms with Gasteiger partial charge in [0.15, 0.2) is 0 Å². The van der Waals surface area contributed by atoms with E-state index in [4.69, 9.17) is 4.74 Å². The fourth-order valence-electron chi connectivity index (χ4n) is 4.46. The fraction of sp³-hybridized carbons (Fsp3) is 0.348. The first-order valence-electron chi connectivity index (χ1n) is 10.1. The second-order valence-corrected chi connectivity index (χ2v) is 8.56. The van der Waals surface area contributed by atoms with Crippen molar-refractivity contribution < 1.29 is 24.2 Å². The van der Waals surface area contributed by atoms with Crippen molar-refractivity contribution in [1.82, 2.24) is 0 Å². The maximum Gasteiger partial charge on any atom is 0.341 e. The van der Waals surface area contributed by atoms with Gasteiger partial charge in [-0.25, -0.2) is 4.79 Å². The zero-order valence-corrected chi connectivity index (χ0v) is 17.4. The van der Waals surface area contributed by atoms with E-state index in [1.807, 2.05) is 54.8 Å². The molecule has 2 aliphatic carbocycles.